The summed E-state index contributed by atoms with van der Waals surface area (Å²) >= 11 is 5.97. The standard InChI is InChI=1S/C11H23Cl/c1-5-7-11(4,9-12)8-6-10(2)3/h10H,5-9H2,1-4H3. The van der Waals surface area contributed by atoms with Crippen molar-refractivity contribution in [2.75, 3.05) is 5.88 Å². The molecule has 74 valence electrons. The molecule has 0 aromatic carbocycles. The Labute approximate surface area is 82.7 Å². The third kappa shape index (κ3) is 5.03. The lowest BCUT2D eigenvalue weighted by Gasteiger charge is -2.27. The van der Waals surface area contributed by atoms with Crippen molar-refractivity contribution >= 4 is 11.6 Å². The van der Waals surface area contributed by atoms with Crippen molar-refractivity contribution in [1.29, 1.82) is 0 Å². The van der Waals surface area contributed by atoms with E-state index in [4.69, 9.17) is 11.6 Å². The number of alkyl halides is 1. The predicted molar refractivity (Wildman–Crippen MR) is 57.8 cm³/mol. The van der Waals surface area contributed by atoms with Crippen LogP contribution in [0.2, 0.25) is 0 Å². The summed E-state index contributed by atoms with van der Waals surface area (Å²) in [5.41, 5.74) is 0.389. The lowest BCUT2D eigenvalue weighted by Crippen LogP contribution is -2.18. The first-order valence-corrected chi connectivity index (χ1v) is 5.63. The van der Waals surface area contributed by atoms with E-state index in [2.05, 4.69) is 27.7 Å². The zero-order valence-electron chi connectivity index (χ0n) is 8.99. The highest BCUT2D eigenvalue weighted by Crippen LogP contribution is 2.31. The number of hydrogen-bond acceptors (Lipinski definition) is 0. The van der Waals surface area contributed by atoms with Crippen LogP contribution in [-0.4, -0.2) is 5.88 Å². The molecule has 1 atom stereocenters. The summed E-state index contributed by atoms with van der Waals surface area (Å²) < 4.78 is 0. The van der Waals surface area contributed by atoms with Crippen molar-refractivity contribution in [2.45, 2.75) is 53.4 Å². The summed E-state index contributed by atoms with van der Waals surface area (Å²) in [4.78, 5) is 0. The van der Waals surface area contributed by atoms with E-state index in [0.29, 0.717) is 5.41 Å². The van der Waals surface area contributed by atoms with Crippen LogP contribution in [0.4, 0.5) is 0 Å². The molecule has 0 aliphatic heterocycles. The highest BCUT2D eigenvalue weighted by Gasteiger charge is 2.21. The van der Waals surface area contributed by atoms with Crippen LogP contribution in [-0.2, 0) is 0 Å². The van der Waals surface area contributed by atoms with Gasteiger partial charge < -0.3 is 0 Å². The smallest absolute Gasteiger partial charge is 0.0277 e. The fourth-order valence-electron chi connectivity index (χ4n) is 1.50. The Morgan fingerprint density at radius 2 is 1.83 bits per heavy atom. The summed E-state index contributed by atoms with van der Waals surface area (Å²) in [6, 6.07) is 0. The first-order chi connectivity index (χ1) is 5.54. The van der Waals surface area contributed by atoms with Crippen molar-refractivity contribution in [3.63, 3.8) is 0 Å². The fourth-order valence-corrected chi connectivity index (χ4v) is 1.77. The van der Waals surface area contributed by atoms with Gasteiger partial charge in [-0.05, 0) is 24.2 Å². The van der Waals surface area contributed by atoms with E-state index >= 15 is 0 Å². The predicted octanol–water partition coefficient (Wildman–Crippen LogP) is 4.47. The van der Waals surface area contributed by atoms with Crippen LogP contribution in [0.25, 0.3) is 0 Å². The fraction of sp³-hybridized carbons (Fsp3) is 1.00. The van der Waals surface area contributed by atoms with Crippen molar-refractivity contribution in [3.8, 4) is 0 Å². The van der Waals surface area contributed by atoms with Gasteiger partial charge in [0, 0.05) is 5.88 Å². The maximum atomic E-state index is 5.97. The second kappa shape index (κ2) is 5.85. The number of rotatable bonds is 6. The minimum absolute atomic E-state index is 0.389. The van der Waals surface area contributed by atoms with E-state index in [0.717, 1.165) is 11.8 Å². The second-order valence-corrected chi connectivity index (χ2v) is 4.89. The van der Waals surface area contributed by atoms with Gasteiger partial charge in [-0.1, -0.05) is 40.5 Å². The Hall–Kier alpha value is 0.290. The van der Waals surface area contributed by atoms with Crippen LogP contribution in [0.3, 0.4) is 0 Å². The van der Waals surface area contributed by atoms with Gasteiger partial charge in [0.05, 0.1) is 0 Å². The molecule has 0 spiro atoms. The monoisotopic (exact) mass is 190 g/mol. The van der Waals surface area contributed by atoms with Gasteiger partial charge in [0.15, 0.2) is 0 Å². The molecule has 0 aliphatic rings. The normalized spacial score (nSPS) is 16.5. The Kier molecular flexibility index (Phi) is 6.00. The van der Waals surface area contributed by atoms with Crippen LogP contribution in [0.5, 0.6) is 0 Å². The maximum absolute atomic E-state index is 5.97. The van der Waals surface area contributed by atoms with E-state index in [1.54, 1.807) is 0 Å². The number of hydrogen-bond donors (Lipinski definition) is 0. The molecular weight excluding hydrogens is 168 g/mol. The Balaban J connectivity index is 3.78. The van der Waals surface area contributed by atoms with Crippen LogP contribution < -0.4 is 0 Å². The van der Waals surface area contributed by atoms with Crippen molar-refractivity contribution < 1.29 is 0 Å². The van der Waals surface area contributed by atoms with Crippen LogP contribution >= 0.6 is 11.6 Å². The SMILES string of the molecule is CCCC(C)(CCl)CCC(C)C. The van der Waals surface area contributed by atoms with Gasteiger partial charge in [0.1, 0.15) is 0 Å². The minimum atomic E-state index is 0.389. The third-order valence-electron chi connectivity index (χ3n) is 2.50. The first-order valence-electron chi connectivity index (χ1n) is 5.10. The average molecular weight is 191 g/mol. The summed E-state index contributed by atoms with van der Waals surface area (Å²) in [5.74, 6) is 1.62. The highest BCUT2D eigenvalue weighted by atomic mass is 35.5. The lowest BCUT2D eigenvalue weighted by molar-refractivity contribution is 0.284. The Bertz CT molecular complexity index is 110. The second-order valence-electron chi connectivity index (χ2n) is 4.63. The van der Waals surface area contributed by atoms with Crippen molar-refractivity contribution in [2.24, 2.45) is 11.3 Å². The molecule has 1 unspecified atom stereocenters. The Morgan fingerprint density at radius 1 is 1.25 bits per heavy atom. The van der Waals surface area contributed by atoms with Gasteiger partial charge in [-0.15, -0.1) is 11.6 Å². The number of halogens is 1. The molecule has 0 saturated carbocycles. The molecule has 0 saturated heterocycles. The van der Waals surface area contributed by atoms with E-state index in [-0.39, 0.29) is 0 Å². The van der Waals surface area contributed by atoms with Gasteiger partial charge >= 0.3 is 0 Å². The van der Waals surface area contributed by atoms with Crippen LogP contribution in [0.1, 0.15) is 53.4 Å². The largest absolute Gasteiger partial charge is 0.126 e. The molecule has 0 aromatic heterocycles. The van der Waals surface area contributed by atoms with Crippen molar-refractivity contribution in [1.82, 2.24) is 0 Å². The molecule has 0 fully saturated rings. The molecule has 0 aliphatic carbocycles. The molecule has 12 heavy (non-hydrogen) atoms. The first kappa shape index (κ1) is 12.3. The average Bonchev–Trinajstić information content (AvgIpc) is 2.02. The van der Waals surface area contributed by atoms with E-state index in [1.807, 2.05) is 0 Å². The molecule has 0 nitrogen and oxygen atoms in total. The topological polar surface area (TPSA) is 0 Å². The lowest BCUT2D eigenvalue weighted by atomic mass is 9.81. The molecule has 0 rings (SSSR count). The molecule has 0 bridgehead atoms. The minimum Gasteiger partial charge on any atom is -0.126 e. The van der Waals surface area contributed by atoms with Gasteiger partial charge in [-0.3, -0.25) is 0 Å². The van der Waals surface area contributed by atoms with Crippen LogP contribution in [0.15, 0.2) is 0 Å². The molecule has 0 N–H and O–H groups in total. The molecule has 1 heteroatoms. The van der Waals surface area contributed by atoms with E-state index in [9.17, 15) is 0 Å². The Morgan fingerprint density at radius 3 is 2.17 bits per heavy atom. The molecule has 0 amide bonds. The summed E-state index contributed by atoms with van der Waals surface area (Å²) in [6.07, 6.45) is 5.11. The zero-order chi connectivity index (χ0) is 9.61. The summed E-state index contributed by atoms with van der Waals surface area (Å²) in [5, 5.41) is 0. The zero-order valence-corrected chi connectivity index (χ0v) is 9.75. The van der Waals surface area contributed by atoms with Crippen LogP contribution in [0, 0.1) is 11.3 Å². The van der Waals surface area contributed by atoms with Gasteiger partial charge in [-0.2, -0.15) is 0 Å². The molecule has 0 aromatic rings. The van der Waals surface area contributed by atoms with Gasteiger partial charge in [0.2, 0.25) is 0 Å². The molecule has 0 radical (unpaired) electrons. The van der Waals surface area contributed by atoms with E-state index in [1.165, 1.54) is 25.7 Å². The van der Waals surface area contributed by atoms with Gasteiger partial charge in [0.25, 0.3) is 0 Å². The third-order valence-corrected chi connectivity index (χ3v) is 3.15. The van der Waals surface area contributed by atoms with Crippen molar-refractivity contribution in [3.05, 3.63) is 0 Å². The summed E-state index contributed by atoms with van der Waals surface area (Å²) in [6.45, 7) is 9.10. The maximum Gasteiger partial charge on any atom is 0.0277 e. The molecular formula is C11H23Cl. The van der Waals surface area contributed by atoms with E-state index < -0.39 is 0 Å². The highest BCUT2D eigenvalue weighted by molar-refractivity contribution is 6.18. The molecule has 0 heterocycles. The quantitative estimate of drug-likeness (QED) is 0.543. The van der Waals surface area contributed by atoms with Gasteiger partial charge in [-0.25, -0.2) is 0 Å². The summed E-state index contributed by atoms with van der Waals surface area (Å²) in [7, 11) is 0.